The fraction of sp³-hybridized carbons (Fsp3) is 0.214. The van der Waals surface area contributed by atoms with Gasteiger partial charge in [-0.1, -0.05) is 11.8 Å². The quantitative estimate of drug-likeness (QED) is 0.843. The highest BCUT2D eigenvalue weighted by molar-refractivity contribution is 7.12. The summed E-state index contributed by atoms with van der Waals surface area (Å²) in [4.78, 5) is 12.8. The number of rotatable bonds is 3. The molecular formula is C14H14N2O2S. The topological polar surface area (TPSA) is 68.3 Å². The summed E-state index contributed by atoms with van der Waals surface area (Å²) in [5.41, 5.74) is 6.04. The van der Waals surface area contributed by atoms with E-state index in [1.165, 1.54) is 11.3 Å². The molecule has 19 heavy (non-hydrogen) atoms. The van der Waals surface area contributed by atoms with Gasteiger partial charge in [0.15, 0.2) is 0 Å². The van der Waals surface area contributed by atoms with Gasteiger partial charge in [-0.25, -0.2) is 0 Å². The second-order valence-electron chi connectivity index (χ2n) is 3.88. The third-order valence-corrected chi connectivity index (χ3v) is 3.43. The maximum absolute atomic E-state index is 12.2. The molecule has 0 saturated heterocycles. The van der Waals surface area contributed by atoms with Gasteiger partial charge in [-0.15, -0.1) is 11.3 Å². The van der Waals surface area contributed by atoms with Crippen LogP contribution in [0.5, 0.6) is 0 Å². The van der Waals surface area contributed by atoms with E-state index in [-0.39, 0.29) is 18.5 Å². The summed E-state index contributed by atoms with van der Waals surface area (Å²) in [7, 11) is 0. The molecular weight excluding hydrogens is 260 g/mol. The highest BCUT2D eigenvalue weighted by Gasteiger charge is 2.16. The Morgan fingerprint density at radius 3 is 3.11 bits per heavy atom. The van der Waals surface area contributed by atoms with Crippen LogP contribution < -0.4 is 11.1 Å². The lowest BCUT2D eigenvalue weighted by molar-refractivity contribution is 0.0939. The average Bonchev–Trinajstić information content (AvgIpc) is 3.07. The molecule has 3 N–H and O–H groups in total. The van der Waals surface area contributed by atoms with Crippen molar-refractivity contribution in [2.75, 3.05) is 6.54 Å². The zero-order chi connectivity index (χ0) is 13.7. The van der Waals surface area contributed by atoms with Crippen molar-refractivity contribution in [3.63, 3.8) is 0 Å². The van der Waals surface area contributed by atoms with Crippen molar-refractivity contribution in [2.45, 2.75) is 13.0 Å². The SMILES string of the molecule is CC(NC(=O)c1sccc1C#CCN)c1ccco1. The summed E-state index contributed by atoms with van der Waals surface area (Å²) in [6.45, 7) is 2.15. The molecule has 0 bridgehead atoms. The van der Waals surface area contributed by atoms with E-state index in [1.807, 2.05) is 24.4 Å². The van der Waals surface area contributed by atoms with E-state index >= 15 is 0 Å². The van der Waals surface area contributed by atoms with Crippen molar-refractivity contribution >= 4 is 17.2 Å². The smallest absolute Gasteiger partial charge is 0.263 e. The second-order valence-corrected chi connectivity index (χ2v) is 4.80. The Bertz CT molecular complexity index is 605. The number of amides is 1. The molecule has 1 atom stereocenters. The van der Waals surface area contributed by atoms with E-state index in [4.69, 9.17) is 10.2 Å². The maximum atomic E-state index is 12.2. The van der Waals surface area contributed by atoms with E-state index in [9.17, 15) is 4.79 Å². The lowest BCUT2D eigenvalue weighted by Gasteiger charge is -2.10. The molecule has 0 aromatic carbocycles. The standard InChI is InChI=1S/C14H14N2O2S/c1-10(12-5-3-8-18-12)16-14(17)13-11(4-2-7-15)6-9-19-13/h3,5-6,8-10H,7,15H2,1H3,(H,16,17). The van der Waals surface area contributed by atoms with Gasteiger partial charge in [0, 0.05) is 5.56 Å². The molecule has 1 unspecified atom stereocenters. The van der Waals surface area contributed by atoms with Gasteiger partial charge in [-0.2, -0.15) is 0 Å². The van der Waals surface area contributed by atoms with Crippen LogP contribution in [0.25, 0.3) is 0 Å². The van der Waals surface area contributed by atoms with Crippen LogP contribution in [0.1, 0.15) is 34.0 Å². The van der Waals surface area contributed by atoms with Gasteiger partial charge >= 0.3 is 0 Å². The molecule has 0 aliphatic rings. The van der Waals surface area contributed by atoms with Gasteiger partial charge in [0.2, 0.25) is 0 Å². The Balaban J connectivity index is 2.10. The van der Waals surface area contributed by atoms with Crippen molar-refractivity contribution in [3.05, 3.63) is 46.0 Å². The molecule has 0 radical (unpaired) electrons. The first-order chi connectivity index (χ1) is 9.22. The lowest BCUT2D eigenvalue weighted by atomic mass is 10.2. The highest BCUT2D eigenvalue weighted by atomic mass is 32.1. The Morgan fingerprint density at radius 2 is 2.42 bits per heavy atom. The number of furan rings is 1. The summed E-state index contributed by atoms with van der Waals surface area (Å²) >= 11 is 1.36. The van der Waals surface area contributed by atoms with E-state index in [1.54, 1.807) is 12.3 Å². The fourth-order valence-corrected chi connectivity index (χ4v) is 2.35. The van der Waals surface area contributed by atoms with Crippen LogP contribution >= 0.6 is 11.3 Å². The van der Waals surface area contributed by atoms with Crippen molar-refractivity contribution in [1.82, 2.24) is 5.32 Å². The summed E-state index contributed by atoms with van der Waals surface area (Å²) in [6, 6.07) is 5.26. The molecule has 0 aliphatic carbocycles. The molecule has 0 spiro atoms. The van der Waals surface area contributed by atoms with Crippen molar-refractivity contribution in [1.29, 1.82) is 0 Å². The Kier molecular flexibility index (Phi) is 4.39. The van der Waals surface area contributed by atoms with Gasteiger partial charge in [0.05, 0.1) is 18.8 Å². The first kappa shape index (κ1) is 13.4. The zero-order valence-electron chi connectivity index (χ0n) is 10.5. The van der Waals surface area contributed by atoms with Gasteiger partial charge in [-0.05, 0) is 30.5 Å². The van der Waals surface area contributed by atoms with Gasteiger partial charge < -0.3 is 15.5 Å². The Hall–Kier alpha value is -2.03. The van der Waals surface area contributed by atoms with Crippen LogP contribution in [0.2, 0.25) is 0 Å². The molecule has 2 aromatic heterocycles. The number of nitrogens with two attached hydrogens (primary N) is 1. The predicted octanol–water partition coefficient (Wildman–Crippen LogP) is 2.14. The fourth-order valence-electron chi connectivity index (χ4n) is 1.60. The van der Waals surface area contributed by atoms with Gasteiger partial charge in [0.25, 0.3) is 5.91 Å². The minimum Gasteiger partial charge on any atom is -0.467 e. The first-order valence-electron chi connectivity index (χ1n) is 5.83. The van der Waals surface area contributed by atoms with Crippen LogP contribution in [0.3, 0.4) is 0 Å². The molecule has 0 fully saturated rings. The van der Waals surface area contributed by atoms with Crippen molar-refractivity contribution in [3.8, 4) is 11.8 Å². The zero-order valence-corrected chi connectivity index (χ0v) is 11.3. The minimum atomic E-state index is -0.181. The normalized spacial score (nSPS) is 11.5. The van der Waals surface area contributed by atoms with E-state index in [2.05, 4.69) is 17.2 Å². The largest absolute Gasteiger partial charge is 0.467 e. The van der Waals surface area contributed by atoms with E-state index < -0.39 is 0 Å². The highest BCUT2D eigenvalue weighted by Crippen LogP contribution is 2.18. The number of nitrogens with one attached hydrogen (secondary N) is 1. The Morgan fingerprint density at radius 1 is 1.58 bits per heavy atom. The molecule has 0 saturated carbocycles. The monoisotopic (exact) mass is 274 g/mol. The lowest BCUT2D eigenvalue weighted by Crippen LogP contribution is -2.26. The van der Waals surface area contributed by atoms with Gasteiger partial charge in [-0.3, -0.25) is 4.79 Å². The summed E-state index contributed by atoms with van der Waals surface area (Å²) in [6.07, 6.45) is 1.58. The van der Waals surface area contributed by atoms with Crippen LogP contribution in [0.15, 0.2) is 34.3 Å². The summed E-state index contributed by atoms with van der Waals surface area (Å²) in [5.74, 6) is 6.21. The molecule has 2 rings (SSSR count). The summed E-state index contributed by atoms with van der Waals surface area (Å²) in [5, 5.41) is 4.72. The molecule has 2 heterocycles. The van der Waals surface area contributed by atoms with Crippen molar-refractivity contribution in [2.24, 2.45) is 5.73 Å². The third-order valence-electron chi connectivity index (χ3n) is 2.51. The van der Waals surface area contributed by atoms with Crippen LogP contribution in [0, 0.1) is 11.8 Å². The molecule has 5 heteroatoms. The van der Waals surface area contributed by atoms with Crippen LogP contribution in [-0.4, -0.2) is 12.5 Å². The second kappa shape index (κ2) is 6.23. The molecule has 2 aromatic rings. The van der Waals surface area contributed by atoms with Crippen LogP contribution in [0.4, 0.5) is 0 Å². The first-order valence-corrected chi connectivity index (χ1v) is 6.71. The number of thiophene rings is 1. The molecule has 1 amide bonds. The number of hydrogen-bond donors (Lipinski definition) is 2. The molecule has 0 aliphatic heterocycles. The average molecular weight is 274 g/mol. The number of hydrogen-bond acceptors (Lipinski definition) is 4. The van der Waals surface area contributed by atoms with Crippen molar-refractivity contribution < 1.29 is 9.21 Å². The maximum Gasteiger partial charge on any atom is 0.263 e. The number of carbonyl (C=O) groups excluding carboxylic acids is 1. The number of carbonyl (C=O) groups is 1. The molecule has 4 nitrogen and oxygen atoms in total. The summed E-state index contributed by atoms with van der Waals surface area (Å²) < 4.78 is 5.25. The third kappa shape index (κ3) is 3.25. The van der Waals surface area contributed by atoms with E-state index in [0.717, 1.165) is 5.76 Å². The minimum absolute atomic E-state index is 0.153. The predicted molar refractivity (Wildman–Crippen MR) is 74.8 cm³/mol. The molecule has 98 valence electrons. The van der Waals surface area contributed by atoms with Gasteiger partial charge in [0.1, 0.15) is 10.6 Å². The van der Waals surface area contributed by atoms with Crippen LogP contribution in [-0.2, 0) is 0 Å². The van der Waals surface area contributed by atoms with E-state index in [0.29, 0.717) is 10.4 Å². The Labute approximate surface area is 115 Å².